The zero-order chi connectivity index (χ0) is 19.1. The number of carbonyl (C=O) groups excluding carboxylic acids is 1. The molecular weight excluding hydrogens is 441 g/mol. The van der Waals surface area contributed by atoms with Gasteiger partial charge >= 0.3 is 0 Å². The fourth-order valence-corrected chi connectivity index (χ4v) is 2.68. The number of nitrogens with zero attached hydrogens (tertiary/aromatic N) is 1. The molecule has 2 rings (SSSR count). The van der Waals surface area contributed by atoms with E-state index in [0.29, 0.717) is 12.0 Å². The Morgan fingerprint density at radius 3 is 2.85 bits per heavy atom. The van der Waals surface area contributed by atoms with E-state index in [1.165, 1.54) is 9.78 Å². The highest BCUT2D eigenvalue weighted by atomic mass is 127. The molecule has 26 heavy (non-hydrogen) atoms. The van der Waals surface area contributed by atoms with Crippen molar-refractivity contribution in [2.24, 2.45) is 5.10 Å². The van der Waals surface area contributed by atoms with Crippen molar-refractivity contribution in [1.82, 2.24) is 5.43 Å². The minimum Gasteiger partial charge on any atom is -0.507 e. The summed E-state index contributed by atoms with van der Waals surface area (Å²) < 4.78 is 1.17. The van der Waals surface area contributed by atoms with Gasteiger partial charge in [0.2, 0.25) is 0 Å². The van der Waals surface area contributed by atoms with Crippen LogP contribution in [-0.2, 0) is 11.2 Å². The number of halogens is 1. The first kappa shape index (κ1) is 20.0. The summed E-state index contributed by atoms with van der Waals surface area (Å²) in [5.41, 5.74) is 5.82. The van der Waals surface area contributed by atoms with Crippen molar-refractivity contribution in [1.29, 1.82) is 0 Å². The Balaban J connectivity index is 1.97. The maximum atomic E-state index is 12.2. The summed E-state index contributed by atoms with van der Waals surface area (Å²) in [6.45, 7) is 7.45. The van der Waals surface area contributed by atoms with Crippen LogP contribution >= 0.6 is 22.6 Å². The minimum absolute atomic E-state index is 0.144. The van der Waals surface area contributed by atoms with Crippen LogP contribution in [0.25, 0.3) is 0 Å². The van der Waals surface area contributed by atoms with Gasteiger partial charge in [-0.1, -0.05) is 18.2 Å². The Labute approximate surface area is 167 Å². The van der Waals surface area contributed by atoms with Gasteiger partial charge in [-0.2, -0.15) is 5.10 Å². The summed E-state index contributed by atoms with van der Waals surface area (Å²) in [4.78, 5) is 12.2. The normalized spacial score (nSPS) is 12.0. The zero-order valence-electron chi connectivity index (χ0n) is 14.8. The molecule has 0 aliphatic heterocycles. The van der Waals surface area contributed by atoms with Crippen molar-refractivity contribution in [3.05, 3.63) is 69.3 Å². The number of para-hydroxylation sites is 1. The molecule has 1 atom stereocenters. The van der Waals surface area contributed by atoms with Gasteiger partial charge < -0.3 is 10.4 Å². The Kier molecular flexibility index (Phi) is 7.20. The first-order valence-electron chi connectivity index (χ1n) is 8.19. The molecule has 136 valence electrons. The average molecular weight is 463 g/mol. The van der Waals surface area contributed by atoms with Gasteiger partial charge in [-0.05, 0) is 78.3 Å². The van der Waals surface area contributed by atoms with Crippen LogP contribution in [0.2, 0.25) is 0 Å². The monoisotopic (exact) mass is 463 g/mol. The smallest absolute Gasteiger partial charge is 0.262 e. The molecule has 5 nitrogen and oxygen atoms in total. The summed E-state index contributed by atoms with van der Waals surface area (Å²) in [6.07, 6.45) is 3.72. The van der Waals surface area contributed by atoms with E-state index in [-0.39, 0.29) is 11.7 Å². The van der Waals surface area contributed by atoms with Crippen LogP contribution in [0.15, 0.2) is 54.2 Å². The maximum Gasteiger partial charge on any atom is 0.262 e. The van der Waals surface area contributed by atoms with Crippen molar-refractivity contribution in [3.63, 3.8) is 0 Å². The molecule has 0 unspecified atom stereocenters. The third-order valence-corrected chi connectivity index (χ3v) is 5.04. The third-order valence-electron chi connectivity index (χ3n) is 3.83. The quantitative estimate of drug-likeness (QED) is 0.252. The Bertz CT molecular complexity index is 834. The maximum absolute atomic E-state index is 12.2. The number of aromatic hydroxyl groups is 1. The number of allylic oxidation sites excluding steroid dienone is 1. The molecule has 0 saturated carbocycles. The molecule has 0 heterocycles. The third kappa shape index (κ3) is 5.32. The zero-order valence-corrected chi connectivity index (χ0v) is 16.9. The molecule has 0 radical (unpaired) electrons. The van der Waals surface area contributed by atoms with E-state index < -0.39 is 6.04 Å². The van der Waals surface area contributed by atoms with Gasteiger partial charge in [-0.25, -0.2) is 5.43 Å². The number of phenolic OH excluding ortho intramolecular Hbond substituents is 1. The number of hydrogen-bond donors (Lipinski definition) is 3. The highest BCUT2D eigenvalue weighted by molar-refractivity contribution is 14.1. The van der Waals surface area contributed by atoms with Crippen molar-refractivity contribution in [2.45, 2.75) is 26.3 Å². The molecule has 0 aliphatic rings. The lowest BCUT2D eigenvalue weighted by Crippen LogP contribution is -2.34. The number of rotatable bonds is 7. The van der Waals surface area contributed by atoms with E-state index in [0.717, 1.165) is 16.8 Å². The second-order valence-corrected chi connectivity index (χ2v) is 7.07. The molecular formula is C20H22IN3O2. The number of benzene rings is 2. The number of aryl methyl sites for hydroxylation is 1. The van der Waals surface area contributed by atoms with Crippen molar-refractivity contribution in [3.8, 4) is 5.75 Å². The van der Waals surface area contributed by atoms with Gasteiger partial charge in [0.05, 0.1) is 6.21 Å². The molecule has 0 aliphatic carbocycles. The standard InChI is InChI=1S/C20H22IN3O2/c1-4-6-15-7-5-8-16(19(15)25)12-22-24-20(26)14(3)23-17-9-10-18(21)13(2)11-17/h4-5,7-12,14,23,25H,1,6H2,2-3H3,(H,24,26)/b22-12-/t14-/m0/s1. The van der Waals surface area contributed by atoms with Crippen LogP contribution in [-0.4, -0.2) is 23.3 Å². The average Bonchev–Trinajstić information content (AvgIpc) is 2.61. The van der Waals surface area contributed by atoms with E-state index >= 15 is 0 Å². The SMILES string of the molecule is C=CCc1cccc(/C=N\NC(=O)[C@H](C)Nc2ccc(I)c(C)c2)c1O. The number of hydrogen-bond acceptors (Lipinski definition) is 4. The molecule has 0 spiro atoms. The van der Waals surface area contributed by atoms with E-state index in [9.17, 15) is 9.90 Å². The lowest BCUT2D eigenvalue weighted by atomic mass is 10.1. The Morgan fingerprint density at radius 1 is 1.38 bits per heavy atom. The van der Waals surface area contributed by atoms with Crippen molar-refractivity contribution in [2.75, 3.05) is 5.32 Å². The number of carbonyl (C=O) groups is 1. The van der Waals surface area contributed by atoms with Crippen molar-refractivity contribution >= 4 is 40.4 Å². The van der Waals surface area contributed by atoms with Crippen LogP contribution in [0.3, 0.4) is 0 Å². The number of nitrogens with one attached hydrogen (secondary N) is 2. The van der Waals surface area contributed by atoms with Crippen molar-refractivity contribution < 1.29 is 9.90 Å². The Morgan fingerprint density at radius 2 is 2.15 bits per heavy atom. The summed E-state index contributed by atoms with van der Waals surface area (Å²) in [5, 5.41) is 17.3. The molecule has 0 fully saturated rings. The van der Waals surface area contributed by atoms with Gasteiger partial charge in [0, 0.05) is 14.8 Å². The fourth-order valence-electron chi connectivity index (χ4n) is 2.35. The summed E-state index contributed by atoms with van der Waals surface area (Å²) in [5.74, 6) is -0.120. The first-order valence-corrected chi connectivity index (χ1v) is 9.27. The largest absolute Gasteiger partial charge is 0.507 e. The molecule has 2 aromatic rings. The number of anilines is 1. The van der Waals surface area contributed by atoms with E-state index in [4.69, 9.17) is 0 Å². The van der Waals surface area contributed by atoms with Gasteiger partial charge in [0.1, 0.15) is 11.8 Å². The van der Waals surface area contributed by atoms with Crippen LogP contribution in [0, 0.1) is 10.5 Å². The van der Waals surface area contributed by atoms with E-state index in [1.807, 2.05) is 37.3 Å². The first-order chi connectivity index (χ1) is 12.4. The van der Waals surface area contributed by atoms with Crippen LogP contribution < -0.4 is 10.7 Å². The van der Waals surface area contributed by atoms with Gasteiger partial charge in [-0.3, -0.25) is 4.79 Å². The molecule has 2 aromatic carbocycles. The molecule has 0 aromatic heterocycles. The molecule has 6 heteroatoms. The molecule has 3 N–H and O–H groups in total. The lowest BCUT2D eigenvalue weighted by Gasteiger charge is -2.14. The van der Waals surface area contributed by atoms with Gasteiger partial charge in [0.15, 0.2) is 0 Å². The topological polar surface area (TPSA) is 73.7 Å². The van der Waals surface area contributed by atoms with Gasteiger partial charge in [-0.15, -0.1) is 6.58 Å². The molecule has 0 bridgehead atoms. The van der Waals surface area contributed by atoms with Crippen LogP contribution in [0.4, 0.5) is 5.69 Å². The van der Waals surface area contributed by atoms with E-state index in [2.05, 4.69) is 45.0 Å². The molecule has 0 saturated heterocycles. The Hall–Kier alpha value is -2.35. The van der Waals surface area contributed by atoms with E-state index in [1.54, 1.807) is 19.1 Å². The summed E-state index contributed by atoms with van der Waals surface area (Å²) >= 11 is 2.27. The highest BCUT2D eigenvalue weighted by Crippen LogP contribution is 2.21. The second-order valence-electron chi connectivity index (χ2n) is 5.91. The summed E-state index contributed by atoms with van der Waals surface area (Å²) in [6, 6.07) is 10.9. The molecule has 1 amide bonds. The number of phenols is 1. The fraction of sp³-hybridized carbons (Fsp3) is 0.200. The van der Waals surface area contributed by atoms with Gasteiger partial charge in [0.25, 0.3) is 5.91 Å². The van der Waals surface area contributed by atoms with Crippen LogP contribution in [0.1, 0.15) is 23.6 Å². The number of amides is 1. The minimum atomic E-state index is -0.452. The lowest BCUT2D eigenvalue weighted by molar-refractivity contribution is -0.121. The second kappa shape index (κ2) is 9.38. The predicted octanol–water partition coefficient (Wildman–Crippen LogP) is 3.98. The van der Waals surface area contributed by atoms with Crippen LogP contribution in [0.5, 0.6) is 5.75 Å². The number of hydrazone groups is 1. The highest BCUT2D eigenvalue weighted by Gasteiger charge is 2.12. The predicted molar refractivity (Wildman–Crippen MR) is 115 cm³/mol. The summed E-state index contributed by atoms with van der Waals surface area (Å²) in [7, 11) is 0.